The van der Waals surface area contributed by atoms with Gasteiger partial charge in [0.25, 0.3) is 0 Å². The maximum Gasteiger partial charge on any atom is 0.147 e. The number of hydrogen-bond acceptors (Lipinski definition) is 1. The van der Waals surface area contributed by atoms with Crippen molar-refractivity contribution in [2.45, 2.75) is 13.3 Å². The standard InChI is InChI=1S/C10H10BrFO/c1-7-3-2-4-8(10(7)12)5-9(13)6-11/h2-4H,5-6H2,1H3. The van der Waals surface area contributed by atoms with Gasteiger partial charge in [-0.1, -0.05) is 34.1 Å². The molecule has 1 aromatic carbocycles. The third-order valence-electron chi connectivity index (χ3n) is 1.81. The first-order valence-corrected chi connectivity index (χ1v) is 5.09. The van der Waals surface area contributed by atoms with E-state index in [0.29, 0.717) is 11.1 Å². The van der Waals surface area contributed by atoms with E-state index in [1.54, 1.807) is 25.1 Å². The summed E-state index contributed by atoms with van der Waals surface area (Å²) in [6.45, 7) is 1.69. The Balaban J connectivity index is 2.89. The first kappa shape index (κ1) is 10.4. The average Bonchev–Trinajstić information content (AvgIpc) is 2.13. The summed E-state index contributed by atoms with van der Waals surface area (Å²) in [5.74, 6) is -0.277. The molecule has 0 radical (unpaired) electrons. The molecule has 0 N–H and O–H groups in total. The molecule has 70 valence electrons. The molecular weight excluding hydrogens is 235 g/mol. The fraction of sp³-hybridized carbons (Fsp3) is 0.300. The van der Waals surface area contributed by atoms with Crippen LogP contribution in [0.2, 0.25) is 0 Å². The number of rotatable bonds is 3. The molecule has 0 aromatic heterocycles. The molecular formula is C10H10BrFO. The van der Waals surface area contributed by atoms with Gasteiger partial charge in [0.15, 0.2) is 0 Å². The van der Waals surface area contributed by atoms with Crippen molar-refractivity contribution >= 4 is 21.7 Å². The molecule has 13 heavy (non-hydrogen) atoms. The van der Waals surface area contributed by atoms with Crippen LogP contribution in [0.1, 0.15) is 11.1 Å². The highest BCUT2D eigenvalue weighted by Crippen LogP contribution is 2.12. The molecule has 0 unspecified atom stereocenters. The lowest BCUT2D eigenvalue weighted by atomic mass is 10.1. The molecule has 0 saturated heterocycles. The second-order valence-corrected chi connectivity index (χ2v) is 3.46. The molecule has 1 nitrogen and oxygen atoms in total. The smallest absolute Gasteiger partial charge is 0.147 e. The Morgan fingerprint density at radius 2 is 2.23 bits per heavy atom. The van der Waals surface area contributed by atoms with E-state index < -0.39 is 0 Å². The van der Waals surface area contributed by atoms with Crippen LogP contribution in [-0.2, 0) is 11.2 Å². The summed E-state index contributed by atoms with van der Waals surface area (Å²) in [7, 11) is 0. The molecule has 0 spiro atoms. The second-order valence-electron chi connectivity index (χ2n) is 2.90. The largest absolute Gasteiger partial charge is 0.298 e. The first-order chi connectivity index (χ1) is 6.15. The van der Waals surface area contributed by atoms with Crippen LogP contribution in [0.5, 0.6) is 0 Å². The van der Waals surface area contributed by atoms with Crippen molar-refractivity contribution in [2.24, 2.45) is 0 Å². The Hall–Kier alpha value is -0.700. The maximum absolute atomic E-state index is 13.3. The topological polar surface area (TPSA) is 17.1 Å². The molecule has 0 heterocycles. The summed E-state index contributed by atoms with van der Waals surface area (Å²) in [4.78, 5) is 11.0. The molecule has 0 saturated carbocycles. The summed E-state index contributed by atoms with van der Waals surface area (Å²) in [5.41, 5.74) is 1.06. The Labute approximate surface area is 85.1 Å². The molecule has 0 aliphatic rings. The van der Waals surface area contributed by atoms with E-state index >= 15 is 0 Å². The normalized spacial score (nSPS) is 10.1. The van der Waals surface area contributed by atoms with Crippen LogP contribution < -0.4 is 0 Å². The van der Waals surface area contributed by atoms with Gasteiger partial charge in [-0.2, -0.15) is 0 Å². The van der Waals surface area contributed by atoms with Gasteiger partial charge in [0, 0.05) is 6.42 Å². The van der Waals surface area contributed by atoms with Crippen LogP contribution in [0.3, 0.4) is 0 Å². The Morgan fingerprint density at radius 3 is 2.85 bits per heavy atom. The van der Waals surface area contributed by atoms with Crippen molar-refractivity contribution in [1.29, 1.82) is 0 Å². The number of Topliss-reactive ketones (excluding diaryl/α,β-unsaturated/α-hetero) is 1. The van der Waals surface area contributed by atoms with Crippen LogP contribution >= 0.6 is 15.9 Å². The van der Waals surface area contributed by atoms with Crippen LogP contribution in [0, 0.1) is 12.7 Å². The van der Waals surface area contributed by atoms with E-state index in [-0.39, 0.29) is 23.4 Å². The predicted molar refractivity (Wildman–Crippen MR) is 53.6 cm³/mol. The minimum atomic E-state index is -0.267. The first-order valence-electron chi connectivity index (χ1n) is 3.97. The molecule has 1 rings (SSSR count). The van der Waals surface area contributed by atoms with Crippen molar-refractivity contribution in [3.05, 3.63) is 35.1 Å². The van der Waals surface area contributed by atoms with Crippen LogP contribution in [-0.4, -0.2) is 11.1 Å². The second kappa shape index (κ2) is 4.51. The summed E-state index contributed by atoms with van der Waals surface area (Å²) in [5, 5.41) is 0.278. The monoisotopic (exact) mass is 244 g/mol. The predicted octanol–water partition coefficient (Wildman–Crippen LogP) is 2.64. The summed E-state index contributed by atoms with van der Waals surface area (Å²) < 4.78 is 13.3. The highest BCUT2D eigenvalue weighted by atomic mass is 79.9. The Bertz CT molecular complexity index is 323. The maximum atomic E-state index is 13.3. The summed E-state index contributed by atoms with van der Waals surface area (Å²) >= 11 is 3.04. The van der Waals surface area contributed by atoms with Gasteiger partial charge in [0.1, 0.15) is 11.6 Å². The molecule has 1 aromatic rings. The molecule has 0 fully saturated rings. The van der Waals surface area contributed by atoms with E-state index in [9.17, 15) is 9.18 Å². The van der Waals surface area contributed by atoms with E-state index in [0.717, 1.165) is 0 Å². The minimum Gasteiger partial charge on any atom is -0.298 e. The van der Waals surface area contributed by atoms with E-state index in [1.165, 1.54) is 0 Å². The van der Waals surface area contributed by atoms with Crippen LogP contribution in [0.4, 0.5) is 4.39 Å². The quantitative estimate of drug-likeness (QED) is 0.748. The number of alkyl halides is 1. The van der Waals surface area contributed by atoms with Gasteiger partial charge >= 0.3 is 0 Å². The van der Waals surface area contributed by atoms with Gasteiger partial charge in [0.2, 0.25) is 0 Å². The number of halogens is 2. The number of carbonyl (C=O) groups is 1. The number of hydrogen-bond donors (Lipinski definition) is 0. The third-order valence-corrected chi connectivity index (χ3v) is 2.43. The zero-order valence-electron chi connectivity index (χ0n) is 7.31. The van der Waals surface area contributed by atoms with Gasteiger partial charge in [-0.05, 0) is 18.1 Å². The number of benzene rings is 1. The fourth-order valence-corrected chi connectivity index (χ4v) is 1.30. The summed E-state index contributed by atoms with van der Waals surface area (Å²) in [6.07, 6.45) is 0.165. The average molecular weight is 245 g/mol. The van der Waals surface area contributed by atoms with Gasteiger partial charge < -0.3 is 0 Å². The molecule has 0 amide bonds. The zero-order chi connectivity index (χ0) is 9.84. The van der Waals surface area contributed by atoms with Crippen molar-refractivity contribution in [3.8, 4) is 0 Å². The number of carbonyl (C=O) groups excluding carboxylic acids is 1. The highest BCUT2D eigenvalue weighted by Gasteiger charge is 2.08. The molecule has 3 heteroatoms. The lowest BCUT2D eigenvalue weighted by Gasteiger charge is -2.02. The van der Waals surface area contributed by atoms with Gasteiger partial charge in [0.05, 0.1) is 5.33 Å². The Kier molecular flexibility index (Phi) is 3.60. The van der Waals surface area contributed by atoms with Gasteiger partial charge in [-0.15, -0.1) is 0 Å². The third kappa shape index (κ3) is 2.62. The van der Waals surface area contributed by atoms with Gasteiger partial charge in [-0.25, -0.2) is 4.39 Å². The van der Waals surface area contributed by atoms with Crippen LogP contribution in [0.15, 0.2) is 18.2 Å². The molecule has 0 atom stereocenters. The lowest BCUT2D eigenvalue weighted by molar-refractivity contribution is -0.115. The zero-order valence-corrected chi connectivity index (χ0v) is 8.90. The van der Waals surface area contributed by atoms with Crippen molar-refractivity contribution in [3.63, 3.8) is 0 Å². The SMILES string of the molecule is Cc1cccc(CC(=O)CBr)c1F. The minimum absolute atomic E-state index is 0.00972. The van der Waals surface area contributed by atoms with Crippen LogP contribution in [0.25, 0.3) is 0 Å². The van der Waals surface area contributed by atoms with Gasteiger partial charge in [-0.3, -0.25) is 4.79 Å². The van der Waals surface area contributed by atoms with Crippen molar-refractivity contribution in [1.82, 2.24) is 0 Å². The molecule has 0 aliphatic carbocycles. The molecule has 0 bridgehead atoms. The van der Waals surface area contributed by atoms with Crippen molar-refractivity contribution in [2.75, 3.05) is 5.33 Å². The highest BCUT2D eigenvalue weighted by molar-refractivity contribution is 9.09. The van der Waals surface area contributed by atoms with Crippen molar-refractivity contribution < 1.29 is 9.18 Å². The lowest BCUT2D eigenvalue weighted by Crippen LogP contribution is -2.05. The van der Waals surface area contributed by atoms with E-state index in [4.69, 9.17) is 0 Å². The van der Waals surface area contributed by atoms with E-state index in [1.807, 2.05) is 0 Å². The number of ketones is 1. The number of aryl methyl sites for hydroxylation is 1. The summed E-state index contributed by atoms with van der Waals surface area (Å²) in [6, 6.07) is 5.09. The molecule has 0 aliphatic heterocycles. The Morgan fingerprint density at radius 1 is 1.54 bits per heavy atom. The fourth-order valence-electron chi connectivity index (χ4n) is 1.10. The van der Waals surface area contributed by atoms with E-state index in [2.05, 4.69) is 15.9 Å².